The van der Waals surface area contributed by atoms with E-state index in [0.29, 0.717) is 18.7 Å². The summed E-state index contributed by atoms with van der Waals surface area (Å²) in [6.07, 6.45) is 7.71. The van der Waals surface area contributed by atoms with E-state index in [-0.39, 0.29) is 30.6 Å². The van der Waals surface area contributed by atoms with Gasteiger partial charge < -0.3 is 9.47 Å². The number of fused-ring (bicyclic) bond motifs is 1. The summed E-state index contributed by atoms with van der Waals surface area (Å²) in [5, 5.41) is 10.1. The minimum atomic E-state index is -2.50. The molecule has 180 valence electrons. The number of hydrogen-bond donors (Lipinski definition) is 0. The second-order valence-electron chi connectivity index (χ2n) is 9.47. The fraction of sp³-hybridized carbons (Fsp3) is 0.577. The molecule has 0 spiro atoms. The fourth-order valence-electron chi connectivity index (χ4n) is 4.91. The third-order valence-corrected chi connectivity index (χ3v) is 7.28. The van der Waals surface area contributed by atoms with Crippen LogP contribution in [0.15, 0.2) is 16.7 Å². The van der Waals surface area contributed by atoms with Crippen LogP contribution < -0.4 is 0 Å². The van der Waals surface area contributed by atoms with E-state index in [1.807, 2.05) is 17.7 Å². The third-order valence-electron chi connectivity index (χ3n) is 6.85. The number of nitriles is 1. The maximum Gasteiger partial charge on any atom is 0.256 e. The standard InChI is InChI=1S/C26H29BrF2N4O/c1-32-22(9-7-5-3-2-4-6-8-18-13-26(28,29)14-18)23(21-12-20(27)16-31-24(21)32)25(34)33-11-10-19(15-30)17-33/h12,16,18-19H,2-5,7,9-11,13-14,17H2,1H3/t19-/m1/s1. The van der Waals surface area contributed by atoms with Gasteiger partial charge in [0.25, 0.3) is 11.8 Å². The average Bonchev–Trinajstić information content (AvgIpc) is 3.36. The van der Waals surface area contributed by atoms with Crippen molar-refractivity contribution in [1.82, 2.24) is 14.5 Å². The minimum Gasteiger partial charge on any atom is -0.337 e. The van der Waals surface area contributed by atoms with Crippen LogP contribution in [0.2, 0.25) is 0 Å². The van der Waals surface area contributed by atoms with Crippen molar-refractivity contribution in [1.29, 1.82) is 5.26 Å². The average molecular weight is 531 g/mol. The third kappa shape index (κ3) is 5.44. The lowest BCUT2D eigenvalue weighted by Gasteiger charge is -2.31. The number of unbranched alkanes of at least 4 members (excludes halogenated alkanes) is 4. The number of nitrogens with zero attached hydrogens (tertiary/aromatic N) is 4. The lowest BCUT2D eigenvalue weighted by atomic mass is 9.82. The molecular formula is C26H29BrF2N4O. The Morgan fingerprint density at radius 1 is 1.26 bits per heavy atom. The predicted molar refractivity (Wildman–Crippen MR) is 130 cm³/mol. The molecule has 1 amide bonds. The van der Waals surface area contributed by atoms with E-state index in [1.165, 1.54) is 0 Å². The molecule has 1 atom stereocenters. The molecule has 2 aliphatic rings. The molecule has 2 aromatic heterocycles. The van der Waals surface area contributed by atoms with Gasteiger partial charge in [-0.25, -0.2) is 13.8 Å². The molecule has 4 rings (SSSR count). The van der Waals surface area contributed by atoms with Gasteiger partial charge in [0, 0.05) is 67.1 Å². The number of pyridine rings is 1. The van der Waals surface area contributed by atoms with Crippen LogP contribution in [-0.2, 0) is 13.5 Å². The van der Waals surface area contributed by atoms with E-state index in [0.717, 1.165) is 66.1 Å². The van der Waals surface area contributed by atoms with Crippen molar-refractivity contribution in [3.8, 4) is 17.9 Å². The smallest absolute Gasteiger partial charge is 0.256 e. The summed E-state index contributed by atoms with van der Waals surface area (Å²) in [6, 6.07) is 4.24. The Labute approximate surface area is 207 Å². The van der Waals surface area contributed by atoms with Crippen molar-refractivity contribution in [3.05, 3.63) is 28.0 Å². The zero-order valence-corrected chi connectivity index (χ0v) is 21.0. The van der Waals surface area contributed by atoms with Gasteiger partial charge in [-0.2, -0.15) is 5.26 Å². The van der Waals surface area contributed by atoms with Gasteiger partial charge >= 0.3 is 0 Å². The van der Waals surface area contributed by atoms with Crippen LogP contribution in [0.5, 0.6) is 0 Å². The van der Waals surface area contributed by atoms with Crippen molar-refractivity contribution in [2.75, 3.05) is 13.1 Å². The number of carbonyl (C=O) groups excluding carboxylic acids is 1. The second kappa shape index (κ2) is 10.4. The van der Waals surface area contributed by atoms with Gasteiger partial charge in [-0.15, -0.1) is 5.92 Å². The van der Waals surface area contributed by atoms with Crippen LogP contribution in [0.4, 0.5) is 8.78 Å². The first kappa shape index (κ1) is 24.7. The number of aromatic nitrogens is 2. The van der Waals surface area contributed by atoms with Gasteiger partial charge in [0.15, 0.2) is 0 Å². The van der Waals surface area contributed by atoms with Crippen LogP contribution in [0, 0.1) is 35.0 Å². The zero-order valence-electron chi connectivity index (χ0n) is 19.4. The first-order chi connectivity index (χ1) is 16.3. The number of alkyl halides is 2. The Morgan fingerprint density at radius 2 is 2.03 bits per heavy atom. The summed E-state index contributed by atoms with van der Waals surface area (Å²) < 4.78 is 28.5. The molecule has 0 N–H and O–H groups in total. The lowest BCUT2D eigenvalue weighted by Crippen LogP contribution is -2.34. The monoisotopic (exact) mass is 530 g/mol. The predicted octanol–water partition coefficient (Wildman–Crippen LogP) is 5.86. The minimum absolute atomic E-state index is 0.0184. The summed E-state index contributed by atoms with van der Waals surface area (Å²) in [5.41, 5.74) is 2.47. The number of likely N-dealkylation sites (tertiary alicyclic amines) is 1. The zero-order chi connectivity index (χ0) is 24.3. The van der Waals surface area contributed by atoms with E-state index < -0.39 is 5.92 Å². The van der Waals surface area contributed by atoms with Crippen molar-refractivity contribution >= 4 is 32.9 Å². The first-order valence-corrected chi connectivity index (χ1v) is 12.8. The molecular weight excluding hydrogens is 502 g/mol. The molecule has 2 aromatic rings. The number of carbonyl (C=O) groups is 1. The second-order valence-corrected chi connectivity index (χ2v) is 10.4. The van der Waals surface area contributed by atoms with Crippen molar-refractivity contribution in [3.63, 3.8) is 0 Å². The highest BCUT2D eigenvalue weighted by Crippen LogP contribution is 2.41. The number of aryl methyl sites for hydroxylation is 1. The summed E-state index contributed by atoms with van der Waals surface area (Å²) >= 11 is 3.48. The van der Waals surface area contributed by atoms with Gasteiger partial charge in [0.2, 0.25) is 0 Å². The highest BCUT2D eigenvalue weighted by molar-refractivity contribution is 9.10. The molecule has 1 saturated carbocycles. The number of amides is 1. The highest BCUT2D eigenvalue weighted by atomic mass is 79.9. The van der Waals surface area contributed by atoms with Crippen LogP contribution in [-0.4, -0.2) is 39.4 Å². The SMILES string of the molecule is Cn1c(CCCCCCC#CC2CC(F)(F)C2)c(C(=O)N2CC[C@H](C#N)C2)c2cc(Br)cnc21. The van der Waals surface area contributed by atoms with Gasteiger partial charge in [0.05, 0.1) is 17.6 Å². The maximum atomic E-state index is 13.5. The molecule has 1 saturated heterocycles. The molecule has 0 aromatic carbocycles. The fourth-order valence-corrected chi connectivity index (χ4v) is 5.24. The summed E-state index contributed by atoms with van der Waals surface area (Å²) in [5.74, 6) is 3.27. The van der Waals surface area contributed by atoms with Crippen LogP contribution >= 0.6 is 15.9 Å². The molecule has 5 nitrogen and oxygen atoms in total. The molecule has 0 bridgehead atoms. The Morgan fingerprint density at radius 3 is 2.74 bits per heavy atom. The van der Waals surface area contributed by atoms with Crippen molar-refractivity contribution in [2.45, 2.75) is 63.7 Å². The lowest BCUT2D eigenvalue weighted by molar-refractivity contribution is -0.0936. The quantitative estimate of drug-likeness (QED) is 0.332. The molecule has 8 heteroatoms. The van der Waals surface area contributed by atoms with Gasteiger partial charge in [-0.05, 0) is 47.7 Å². The maximum absolute atomic E-state index is 13.5. The van der Waals surface area contributed by atoms with Crippen LogP contribution in [0.1, 0.15) is 67.4 Å². The molecule has 1 aliphatic heterocycles. The normalized spacial score (nSPS) is 19.5. The Bertz CT molecular complexity index is 1170. The Balaban J connectivity index is 1.37. The van der Waals surface area contributed by atoms with E-state index in [4.69, 9.17) is 0 Å². The van der Waals surface area contributed by atoms with Gasteiger partial charge in [-0.1, -0.05) is 18.8 Å². The van der Waals surface area contributed by atoms with Crippen LogP contribution in [0.25, 0.3) is 11.0 Å². The van der Waals surface area contributed by atoms with Crippen molar-refractivity contribution in [2.24, 2.45) is 18.9 Å². The molecule has 34 heavy (non-hydrogen) atoms. The Hall–Kier alpha value is -2.45. The first-order valence-electron chi connectivity index (χ1n) is 12.0. The van der Waals surface area contributed by atoms with Crippen molar-refractivity contribution < 1.29 is 13.6 Å². The topological polar surface area (TPSA) is 61.9 Å². The Kier molecular flexibility index (Phi) is 7.57. The van der Waals surface area contributed by atoms with E-state index in [2.05, 4.69) is 38.8 Å². The van der Waals surface area contributed by atoms with Gasteiger partial charge in [-0.3, -0.25) is 4.79 Å². The number of rotatable bonds is 7. The van der Waals surface area contributed by atoms with Crippen LogP contribution in [0.3, 0.4) is 0 Å². The summed E-state index contributed by atoms with van der Waals surface area (Å²) in [6.45, 7) is 1.08. The number of hydrogen-bond acceptors (Lipinski definition) is 3. The molecule has 3 heterocycles. The van der Waals surface area contributed by atoms with E-state index >= 15 is 0 Å². The highest BCUT2D eigenvalue weighted by Gasteiger charge is 2.44. The van der Waals surface area contributed by atoms with E-state index in [9.17, 15) is 18.8 Å². The molecule has 2 fully saturated rings. The number of halogens is 3. The molecule has 1 aliphatic carbocycles. The molecule has 0 radical (unpaired) electrons. The largest absolute Gasteiger partial charge is 0.337 e. The van der Waals surface area contributed by atoms with E-state index in [1.54, 1.807) is 11.1 Å². The molecule has 0 unspecified atom stereocenters. The summed E-state index contributed by atoms with van der Waals surface area (Å²) in [7, 11) is 1.96. The van der Waals surface area contributed by atoms with Gasteiger partial charge in [0.1, 0.15) is 5.65 Å². The summed E-state index contributed by atoms with van der Waals surface area (Å²) in [4.78, 5) is 19.8.